The maximum atomic E-state index is 13.8. The molecule has 0 bridgehead atoms. The van der Waals surface area contributed by atoms with Gasteiger partial charge in [0.05, 0.1) is 5.52 Å². The van der Waals surface area contributed by atoms with Crippen LogP contribution < -0.4 is 5.43 Å². The number of aromatic nitrogens is 1. The van der Waals surface area contributed by atoms with Crippen LogP contribution in [-0.4, -0.2) is 4.98 Å². The molecule has 0 spiro atoms. The monoisotopic (exact) mass is 233 g/mol. The molecule has 2 aromatic rings. The highest BCUT2D eigenvalue weighted by Gasteiger charge is 2.14. The topological polar surface area (TPSA) is 32.9 Å². The third kappa shape index (κ3) is 1.86. The van der Waals surface area contributed by atoms with Gasteiger partial charge in [-0.15, -0.1) is 0 Å². The molecule has 0 unspecified atom stereocenters. The fourth-order valence-corrected chi connectivity index (χ4v) is 2.31. The highest BCUT2D eigenvalue weighted by Crippen LogP contribution is 2.20. The third-order valence-electron chi connectivity index (χ3n) is 3.02. The maximum Gasteiger partial charge on any atom is 0.193 e. The number of aromatic amines is 1. The number of H-pyrrole nitrogens is 1. The Bertz CT molecular complexity index is 641. The van der Waals surface area contributed by atoms with Gasteiger partial charge in [-0.1, -0.05) is 13.8 Å². The zero-order valence-electron chi connectivity index (χ0n) is 10.5. The SMILES string of the molecule is Cc1cc(F)c2[nH]c(C)c(C(C)C)c(=O)c2c1. The lowest BCUT2D eigenvalue weighted by molar-refractivity contribution is 0.635. The van der Waals surface area contributed by atoms with Crippen LogP contribution in [0.15, 0.2) is 16.9 Å². The Morgan fingerprint density at radius 1 is 1.24 bits per heavy atom. The van der Waals surface area contributed by atoms with Crippen molar-refractivity contribution in [2.45, 2.75) is 33.6 Å². The van der Waals surface area contributed by atoms with Crippen LogP contribution in [0.25, 0.3) is 10.9 Å². The van der Waals surface area contributed by atoms with Gasteiger partial charge in [0.2, 0.25) is 0 Å². The molecule has 0 saturated carbocycles. The van der Waals surface area contributed by atoms with Gasteiger partial charge in [-0.3, -0.25) is 4.79 Å². The van der Waals surface area contributed by atoms with Gasteiger partial charge in [0, 0.05) is 16.6 Å². The highest BCUT2D eigenvalue weighted by atomic mass is 19.1. The molecule has 0 saturated heterocycles. The first-order chi connectivity index (χ1) is 7.91. The molecular weight excluding hydrogens is 217 g/mol. The van der Waals surface area contributed by atoms with Crippen LogP contribution in [0.3, 0.4) is 0 Å². The van der Waals surface area contributed by atoms with E-state index in [0.29, 0.717) is 10.9 Å². The Hall–Kier alpha value is -1.64. The van der Waals surface area contributed by atoms with E-state index in [9.17, 15) is 9.18 Å². The zero-order chi connectivity index (χ0) is 12.7. The van der Waals surface area contributed by atoms with Crippen LogP contribution in [0.5, 0.6) is 0 Å². The Balaban J connectivity index is 2.97. The van der Waals surface area contributed by atoms with Crippen molar-refractivity contribution in [3.05, 3.63) is 45.0 Å². The van der Waals surface area contributed by atoms with E-state index in [1.165, 1.54) is 6.07 Å². The molecule has 1 heterocycles. The lowest BCUT2D eigenvalue weighted by atomic mass is 9.98. The molecule has 3 heteroatoms. The molecule has 2 rings (SSSR count). The number of halogens is 1. The first kappa shape index (κ1) is 11.8. The predicted octanol–water partition coefficient (Wildman–Crippen LogP) is 3.41. The number of pyridine rings is 1. The van der Waals surface area contributed by atoms with Crippen molar-refractivity contribution in [3.63, 3.8) is 0 Å². The molecule has 2 nitrogen and oxygen atoms in total. The Morgan fingerprint density at radius 2 is 1.88 bits per heavy atom. The smallest absolute Gasteiger partial charge is 0.193 e. The molecule has 0 atom stereocenters. The molecule has 0 aliphatic carbocycles. The van der Waals surface area contributed by atoms with Crippen molar-refractivity contribution >= 4 is 10.9 Å². The van der Waals surface area contributed by atoms with Gasteiger partial charge >= 0.3 is 0 Å². The number of nitrogens with one attached hydrogen (secondary N) is 1. The second-order valence-electron chi connectivity index (χ2n) is 4.82. The second-order valence-corrected chi connectivity index (χ2v) is 4.82. The number of aryl methyl sites for hydroxylation is 2. The van der Waals surface area contributed by atoms with E-state index in [1.54, 1.807) is 13.0 Å². The van der Waals surface area contributed by atoms with Crippen LogP contribution in [-0.2, 0) is 0 Å². The quantitative estimate of drug-likeness (QED) is 0.804. The standard InChI is InChI=1S/C14H16FNO/c1-7(2)12-9(4)16-13-10(14(12)17)5-8(3)6-11(13)15/h5-7H,1-4H3,(H,16,17). The summed E-state index contributed by atoms with van der Waals surface area (Å²) in [5.41, 5.74) is 2.50. The van der Waals surface area contributed by atoms with Crippen molar-refractivity contribution in [2.75, 3.05) is 0 Å². The fourth-order valence-electron chi connectivity index (χ4n) is 2.31. The minimum absolute atomic E-state index is 0.0612. The largest absolute Gasteiger partial charge is 0.356 e. The molecule has 17 heavy (non-hydrogen) atoms. The van der Waals surface area contributed by atoms with E-state index in [4.69, 9.17) is 0 Å². The van der Waals surface area contributed by atoms with E-state index in [1.807, 2.05) is 20.8 Å². The summed E-state index contributed by atoms with van der Waals surface area (Å²) in [4.78, 5) is 15.3. The number of benzene rings is 1. The Morgan fingerprint density at radius 3 is 2.47 bits per heavy atom. The Kier molecular flexibility index (Phi) is 2.77. The van der Waals surface area contributed by atoms with Gasteiger partial charge in [-0.2, -0.15) is 0 Å². The van der Waals surface area contributed by atoms with Crippen LogP contribution in [0.2, 0.25) is 0 Å². The fraction of sp³-hybridized carbons (Fsp3) is 0.357. The van der Waals surface area contributed by atoms with Gasteiger partial charge in [-0.05, 0) is 37.5 Å². The minimum Gasteiger partial charge on any atom is -0.356 e. The van der Waals surface area contributed by atoms with Crippen molar-refractivity contribution in [1.82, 2.24) is 4.98 Å². The lowest BCUT2D eigenvalue weighted by Gasteiger charge is -2.11. The molecule has 0 fully saturated rings. The average Bonchev–Trinajstić information content (AvgIpc) is 2.19. The van der Waals surface area contributed by atoms with Gasteiger partial charge in [0.1, 0.15) is 5.82 Å². The summed E-state index contributed by atoms with van der Waals surface area (Å²) in [6.45, 7) is 7.54. The molecule has 0 radical (unpaired) electrons. The zero-order valence-corrected chi connectivity index (χ0v) is 10.5. The van der Waals surface area contributed by atoms with Crippen LogP contribution in [0, 0.1) is 19.7 Å². The average molecular weight is 233 g/mol. The molecule has 1 aromatic carbocycles. The highest BCUT2D eigenvalue weighted by molar-refractivity contribution is 5.81. The number of rotatable bonds is 1. The molecule has 0 aliphatic rings. The first-order valence-electron chi connectivity index (χ1n) is 5.74. The lowest BCUT2D eigenvalue weighted by Crippen LogP contribution is -2.15. The number of hydrogen-bond acceptors (Lipinski definition) is 1. The predicted molar refractivity (Wildman–Crippen MR) is 68.1 cm³/mol. The molecule has 1 N–H and O–H groups in total. The number of hydrogen-bond donors (Lipinski definition) is 1. The summed E-state index contributed by atoms with van der Waals surface area (Å²) < 4.78 is 13.8. The first-order valence-corrected chi connectivity index (χ1v) is 5.74. The summed E-state index contributed by atoms with van der Waals surface area (Å²) in [6.07, 6.45) is 0. The van der Waals surface area contributed by atoms with Crippen molar-refractivity contribution in [1.29, 1.82) is 0 Å². The van der Waals surface area contributed by atoms with Gasteiger partial charge < -0.3 is 4.98 Å². The molecule has 1 aromatic heterocycles. The minimum atomic E-state index is -0.365. The Labute approximate surface area is 99.5 Å². The summed E-state index contributed by atoms with van der Waals surface area (Å²) in [7, 11) is 0. The third-order valence-corrected chi connectivity index (χ3v) is 3.02. The second kappa shape index (κ2) is 3.99. The van der Waals surface area contributed by atoms with Crippen LogP contribution >= 0.6 is 0 Å². The van der Waals surface area contributed by atoms with Crippen LogP contribution in [0.4, 0.5) is 4.39 Å². The van der Waals surface area contributed by atoms with Crippen LogP contribution in [0.1, 0.15) is 36.6 Å². The summed E-state index contributed by atoms with van der Waals surface area (Å²) in [5, 5.41) is 0.441. The molecule has 0 aliphatic heterocycles. The van der Waals surface area contributed by atoms with Gasteiger partial charge in [0.25, 0.3) is 0 Å². The van der Waals surface area contributed by atoms with E-state index in [0.717, 1.165) is 16.8 Å². The normalized spacial score (nSPS) is 11.4. The molecule has 0 amide bonds. The van der Waals surface area contributed by atoms with Crippen molar-refractivity contribution < 1.29 is 4.39 Å². The van der Waals surface area contributed by atoms with E-state index >= 15 is 0 Å². The van der Waals surface area contributed by atoms with E-state index in [-0.39, 0.29) is 17.2 Å². The van der Waals surface area contributed by atoms with Gasteiger partial charge in [-0.25, -0.2) is 4.39 Å². The summed E-state index contributed by atoms with van der Waals surface area (Å²) >= 11 is 0. The summed E-state index contributed by atoms with van der Waals surface area (Å²) in [6, 6.07) is 3.18. The molecular formula is C14H16FNO. The molecule has 90 valence electrons. The van der Waals surface area contributed by atoms with Crippen molar-refractivity contribution in [2.24, 2.45) is 0 Å². The van der Waals surface area contributed by atoms with Gasteiger partial charge in [0.15, 0.2) is 5.43 Å². The maximum absolute atomic E-state index is 13.8. The van der Waals surface area contributed by atoms with E-state index in [2.05, 4.69) is 4.98 Å². The van der Waals surface area contributed by atoms with Crippen molar-refractivity contribution in [3.8, 4) is 0 Å². The van der Waals surface area contributed by atoms with E-state index < -0.39 is 0 Å². The number of fused-ring (bicyclic) bond motifs is 1. The summed E-state index contributed by atoms with van der Waals surface area (Å²) in [5.74, 6) is -0.234.